The van der Waals surface area contributed by atoms with Crippen LogP contribution in [-0.4, -0.2) is 25.1 Å². The number of nitrogens with one attached hydrogen (secondary N) is 1. The van der Waals surface area contributed by atoms with Gasteiger partial charge < -0.3 is 20.5 Å². The lowest BCUT2D eigenvalue weighted by Crippen LogP contribution is -2.11. The van der Waals surface area contributed by atoms with Gasteiger partial charge in [0, 0.05) is 35.9 Å². The summed E-state index contributed by atoms with van der Waals surface area (Å²) in [5.74, 6) is -0.417. The highest BCUT2D eigenvalue weighted by Gasteiger charge is 2.19. The van der Waals surface area contributed by atoms with E-state index in [2.05, 4.69) is 10.3 Å². The van der Waals surface area contributed by atoms with Gasteiger partial charge in [0.2, 0.25) is 0 Å². The number of hydrogen-bond acceptors (Lipinski definition) is 6. The van der Waals surface area contributed by atoms with Crippen LogP contribution in [0.4, 0.5) is 15.2 Å². The van der Waals surface area contributed by atoms with Gasteiger partial charge in [-0.15, -0.1) is 11.3 Å². The Labute approximate surface area is 191 Å². The molecular weight excluding hydrogens is 429 g/mol. The Kier molecular flexibility index (Phi) is 7.60. The summed E-state index contributed by atoms with van der Waals surface area (Å²) in [4.78, 5) is 17.2. The molecule has 0 fully saturated rings. The van der Waals surface area contributed by atoms with E-state index >= 15 is 0 Å². The summed E-state index contributed by atoms with van der Waals surface area (Å²) < 4.78 is 25.7. The van der Waals surface area contributed by atoms with Gasteiger partial charge in [0.1, 0.15) is 16.6 Å². The first-order chi connectivity index (χ1) is 15.3. The third kappa shape index (κ3) is 4.98. The molecule has 3 aromatic rings. The van der Waals surface area contributed by atoms with Crippen molar-refractivity contribution in [2.45, 2.75) is 39.4 Å². The zero-order valence-electron chi connectivity index (χ0n) is 18.9. The number of anilines is 2. The Morgan fingerprint density at radius 1 is 1.22 bits per heavy atom. The number of ether oxygens (including phenoxy) is 2. The standard InChI is InChI=1S/C24H28FN3O3S/c1-6-20(31-5)15-7-8-17(19(25)11-15)21-12-18(23(26)29)24(32-21)28-22-10-9-16(13(2)27-22)14(3)30-4/h7-12,14,20H,6H2,1-5H3,(H2,26,29)(H,27,28). The molecule has 32 heavy (non-hydrogen) atoms. The second-order valence-electron chi connectivity index (χ2n) is 7.46. The smallest absolute Gasteiger partial charge is 0.251 e. The topological polar surface area (TPSA) is 86.5 Å². The van der Waals surface area contributed by atoms with Gasteiger partial charge in [-0.25, -0.2) is 9.37 Å². The number of primary amides is 1. The van der Waals surface area contributed by atoms with Gasteiger partial charge in [-0.1, -0.05) is 25.1 Å². The molecule has 0 saturated heterocycles. The van der Waals surface area contributed by atoms with Crippen LogP contribution in [0, 0.1) is 12.7 Å². The summed E-state index contributed by atoms with van der Waals surface area (Å²) in [6.45, 7) is 5.82. The monoisotopic (exact) mass is 457 g/mol. The molecule has 1 amide bonds. The molecule has 3 rings (SSSR count). The highest BCUT2D eigenvalue weighted by atomic mass is 32.1. The Morgan fingerprint density at radius 2 is 1.97 bits per heavy atom. The highest BCUT2D eigenvalue weighted by Crippen LogP contribution is 2.39. The first-order valence-corrected chi connectivity index (χ1v) is 11.1. The van der Waals surface area contributed by atoms with Crippen molar-refractivity contribution < 1.29 is 18.7 Å². The van der Waals surface area contributed by atoms with Gasteiger partial charge in [0.25, 0.3) is 5.91 Å². The molecule has 6 nitrogen and oxygen atoms in total. The largest absolute Gasteiger partial charge is 0.377 e. The van der Waals surface area contributed by atoms with Gasteiger partial charge in [-0.2, -0.15) is 0 Å². The van der Waals surface area contributed by atoms with Crippen molar-refractivity contribution in [3.63, 3.8) is 0 Å². The second kappa shape index (κ2) is 10.2. The zero-order chi connectivity index (χ0) is 23.4. The molecule has 0 aliphatic rings. The molecule has 2 unspecified atom stereocenters. The van der Waals surface area contributed by atoms with Crippen molar-refractivity contribution in [3.05, 3.63) is 64.6 Å². The molecule has 2 aromatic heterocycles. The molecular formula is C24H28FN3O3S. The maximum Gasteiger partial charge on any atom is 0.251 e. The number of halogens is 1. The average Bonchev–Trinajstić information content (AvgIpc) is 3.18. The van der Waals surface area contributed by atoms with E-state index in [4.69, 9.17) is 15.2 Å². The number of carbonyl (C=O) groups excluding carboxylic acids is 1. The molecule has 0 aliphatic carbocycles. The predicted molar refractivity (Wildman–Crippen MR) is 126 cm³/mol. The predicted octanol–water partition coefficient (Wildman–Crippen LogP) is 5.91. The quantitative estimate of drug-likeness (QED) is 0.417. The van der Waals surface area contributed by atoms with E-state index in [1.165, 1.54) is 17.4 Å². The van der Waals surface area contributed by atoms with Crippen LogP contribution < -0.4 is 11.1 Å². The Bertz CT molecular complexity index is 1110. The van der Waals surface area contributed by atoms with Crippen LogP contribution >= 0.6 is 11.3 Å². The summed E-state index contributed by atoms with van der Waals surface area (Å²) >= 11 is 1.25. The maximum atomic E-state index is 14.9. The number of aromatic nitrogens is 1. The van der Waals surface area contributed by atoms with Crippen molar-refractivity contribution in [3.8, 4) is 10.4 Å². The van der Waals surface area contributed by atoms with E-state index in [0.717, 1.165) is 23.2 Å². The van der Waals surface area contributed by atoms with E-state index in [-0.39, 0.29) is 23.6 Å². The summed E-state index contributed by atoms with van der Waals surface area (Å²) in [6.07, 6.45) is 0.489. The fourth-order valence-electron chi connectivity index (χ4n) is 3.58. The molecule has 0 spiro atoms. The van der Waals surface area contributed by atoms with Gasteiger partial charge in [0.05, 0.1) is 17.8 Å². The van der Waals surface area contributed by atoms with Crippen LogP contribution in [0.5, 0.6) is 0 Å². The molecule has 2 atom stereocenters. The number of nitrogens with two attached hydrogens (primary N) is 1. The molecule has 170 valence electrons. The minimum atomic E-state index is -0.598. The molecule has 8 heteroatoms. The minimum absolute atomic E-state index is 0.0811. The van der Waals surface area contributed by atoms with Crippen molar-refractivity contribution in [1.82, 2.24) is 4.98 Å². The SMILES string of the molecule is CCC(OC)c1ccc(-c2cc(C(N)=O)c(Nc3ccc(C(C)OC)c(C)n3)s2)c(F)c1. The molecule has 0 aliphatic heterocycles. The molecule has 3 N–H and O–H groups in total. The minimum Gasteiger partial charge on any atom is -0.377 e. The Hall–Kier alpha value is -2.81. The number of benzene rings is 1. The molecule has 0 radical (unpaired) electrons. The molecule has 2 heterocycles. The zero-order valence-corrected chi connectivity index (χ0v) is 19.7. The van der Waals surface area contributed by atoms with E-state index < -0.39 is 5.91 Å². The van der Waals surface area contributed by atoms with Crippen LogP contribution in [-0.2, 0) is 9.47 Å². The second-order valence-corrected chi connectivity index (χ2v) is 8.52. The van der Waals surface area contributed by atoms with Gasteiger partial charge >= 0.3 is 0 Å². The van der Waals surface area contributed by atoms with Crippen LogP contribution in [0.15, 0.2) is 36.4 Å². The fourth-order valence-corrected chi connectivity index (χ4v) is 4.68. The Balaban J connectivity index is 1.94. The van der Waals surface area contributed by atoms with Gasteiger partial charge in [-0.3, -0.25) is 4.79 Å². The van der Waals surface area contributed by atoms with E-state index in [9.17, 15) is 9.18 Å². The van der Waals surface area contributed by atoms with E-state index in [1.54, 1.807) is 26.4 Å². The number of nitrogens with zero attached hydrogens (tertiary/aromatic N) is 1. The fraction of sp³-hybridized carbons (Fsp3) is 0.333. The lowest BCUT2D eigenvalue weighted by Gasteiger charge is -2.14. The highest BCUT2D eigenvalue weighted by molar-refractivity contribution is 7.19. The van der Waals surface area contributed by atoms with Crippen molar-refractivity contribution in [2.75, 3.05) is 19.5 Å². The van der Waals surface area contributed by atoms with Crippen molar-refractivity contribution in [1.29, 1.82) is 0 Å². The lowest BCUT2D eigenvalue weighted by atomic mass is 10.0. The Morgan fingerprint density at radius 3 is 2.53 bits per heavy atom. The van der Waals surface area contributed by atoms with Crippen LogP contribution in [0.1, 0.15) is 59.7 Å². The number of aryl methyl sites for hydroxylation is 1. The van der Waals surface area contributed by atoms with Crippen LogP contribution in [0.2, 0.25) is 0 Å². The third-order valence-corrected chi connectivity index (χ3v) is 6.53. The van der Waals surface area contributed by atoms with E-state index in [0.29, 0.717) is 21.3 Å². The number of hydrogen-bond donors (Lipinski definition) is 2. The first-order valence-electron chi connectivity index (χ1n) is 10.3. The number of amides is 1. The third-order valence-electron chi connectivity index (χ3n) is 5.44. The first kappa shape index (κ1) is 23.8. The molecule has 0 bridgehead atoms. The number of carbonyl (C=O) groups is 1. The van der Waals surface area contributed by atoms with Gasteiger partial charge in [-0.05, 0) is 44.0 Å². The summed E-state index contributed by atoms with van der Waals surface area (Å²) in [7, 11) is 3.25. The normalized spacial score (nSPS) is 13.1. The lowest BCUT2D eigenvalue weighted by molar-refractivity contribution is 0.0997. The number of rotatable bonds is 9. The summed E-state index contributed by atoms with van der Waals surface area (Å²) in [5, 5.41) is 3.67. The van der Waals surface area contributed by atoms with Crippen LogP contribution in [0.25, 0.3) is 10.4 Å². The van der Waals surface area contributed by atoms with E-state index in [1.807, 2.05) is 39.0 Å². The number of thiophene rings is 1. The van der Waals surface area contributed by atoms with Crippen molar-refractivity contribution >= 4 is 28.1 Å². The summed E-state index contributed by atoms with van der Waals surface area (Å²) in [6, 6.07) is 10.4. The summed E-state index contributed by atoms with van der Waals surface area (Å²) in [5.41, 5.74) is 8.83. The van der Waals surface area contributed by atoms with Crippen LogP contribution in [0.3, 0.4) is 0 Å². The number of methoxy groups -OCH3 is 2. The molecule has 1 aromatic carbocycles. The number of pyridine rings is 1. The molecule has 0 saturated carbocycles. The average molecular weight is 458 g/mol. The van der Waals surface area contributed by atoms with Gasteiger partial charge in [0.15, 0.2) is 0 Å². The van der Waals surface area contributed by atoms with Crippen molar-refractivity contribution in [2.24, 2.45) is 5.73 Å². The maximum absolute atomic E-state index is 14.9.